The Hall–Kier alpha value is -1.45. The molecule has 1 atom stereocenters. The largest absolute Gasteiger partial charge is 0.481 e. The third-order valence-corrected chi connectivity index (χ3v) is 2.05. The van der Waals surface area contributed by atoms with E-state index < -0.39 is 23.5 Å². The number of halogens is 2. The van der Waals surface area contributed by atoms with Crippen LogP contribution in [0.15, 0.2) is 18.2 Å². The lowest BCUT2D eigenvalue weighted by atomic mass is 9.97. The molecule has 0 aliphatic rings. The fraction of sp³-hybridized carbons (Fsp3) is 0.300. The highest BCUT2D eigenvalue weighted by atomic mass is 19.2. The number of hydrogen-bond donors (Lipinski definition) is 1. The zero-order valence-electron chi connectivity index (χ0n) is 7.63. The lowest BCUT2D eigenvalue weighted by molar-refractivity contribution is -0.138. The van der Waals surface area contributed by atoms with Crippen molar-refractivity contribution in [3.05, 3.63) is 35.4 Å². The Balaban J connectivity index is 3.06. The van der Waals surface area contributed by atoms with Crippen molar-refractivity contribution in [2.75, 3.05) is 0 Å². The molecular weight excluding hydrogens is 190 g/mol. The van der Waals surface area contributed by atoms with Crippen LogP contribution in [0, 0.1) is 11.6 Å². The van der Waals surface area contributed by atoms with Crippen LogP contribution in [0.4, 0.5) is 8.78 Å². The van der Waals surface area contributed by atoms with Crippen molar-refractivity contribution in [3.8, 4) is 0 Å². The first-order valence-corrected chi connectivity index (χ1v) is 4.24. The van der Waals surface area contributed by atoms with Crippen LogP contribution in [0.3, 0.4) is 0 Å². The summed E-state index contributed by atoms with van der Waals surface area (Å²) < 4.78 is 25.3. The van der Waals surface area contributed by atoms with Crippen LogP contribution in [0.2, 0.25) is 0 Å². The van der Waals surface area contributed by atoms with Crippen LogP contribution < -0.4 is 0 Å². The third-order valence-electron chi connectivity index (χ3n) is 2.05. The van der Waals surface area contributed by atoms with Gasteiger partial charge >= 0.3 is 5.97 Å². The lowest BCUT2D eigenvalue weighted by Crippen LogP contribution is -2.10. The van der Waals surface area contributed by atoms with E-state index in [-0.39, 0.29) is 0 Å². The van der Waals surface area contributed by atoms with E-state index in [1.807, 2.05) is 0 Å². The van der Waals surface area contributed by atoms with Gasteiger partial charge in [-0.05, 0) is 24.1 Å². The van der Waals surface area contributed by atoms with E-state index in [2.05, 4.69) is 0 Å². The normalized spacial score (nSPS) is 12.5. The second-order valence-electron chi connectivity index (χ2n) is 2.97. The number of rotatable bonds is 3. The Morgan fingerprint density at radius 1 is 1.43 bits per heavy atom. The molecule has 0 saturated heterocycles. The van der Waals surface area contributed by atoms with Gasteiger partial charge in [0.15, 0.2) is 11.6 Å². The topological polar surface area (TPSA) is 37.3 Å². The first-order chi connectivity index (χ1) is 6.56. The van der Waals surface area contributed by atoms with Crippen molar-refractivity contribution >= 4 is 5.97 Å². The zero-order chi connectivity index (χ0) is 10.7. The Morgan fingerprint density at radius 3 is 2.50 bits per heavy atom. The maximum absolute atomic E-state index is 12.8. The van der Waals surface area contributed by atoms with Crippen LogP contribution in [0.5, 0.6) is 0 Å². The van der Waals surface area contributed by atoms with E-state index in [0.29, 0.717) is 12.0 Å². The number of carboxylic acids is 1. The van der Waals surface area contributed by atoms with Crippen LogP contribution in [-0.2, 0) is 4.79 Å². The van der Waals surface area contributed by atoms with Crippen LogP contribution in [-0.4, -0.2) is 11.1 Å². The molecule has 0 aliphatic carbocycles. The quantitative estimate of drug-likeness (QED) is 0.814. The van der Waals surface area contributed by atoms with Gasteiger partial charge < -0.3 is 5.11 Å². The molecule has 0 heterocycles. The molecule has 0 aromatic heterocycles. The molecule has 1 unspecified atom stereocenters. The highest BCUT2D eigenvalue weighted by Crippen LogP contribution is 2.21. The number of carboxylic acid groups (broad SMARTS) is 1. The van der Waals surface area contributed by atoms with Gasteiger partial charge in [0.25, 0.3) is 0 Å². The van der Waals surface area contributed by atoms with Gasteiger partial charge in [0.2, 0.25) is 0 Å². The van der Waals surface area contributed by atoms with Gasteiger partial charge in [0, 0.05) is 0 Å². The van der Waals surface area contributed by atoms with Crippen molar-refractivity contribution in [1.29, 1.82) is 0 Å². The van der Waals surface area contributed by atoms with Crippen molar-refractivity contribution in [3.63, 3.8) is 0 Å². The van der Waals surface area contributed by atoms with Crippen LogP contribution >= 0.6 is 0 Å². The molecule has 0 fully saturated rings. The summed E-state index contributed by atoms with van der Waals surface area (Å²) in [5, 5.41) is 8.77. The summed E-state index contributed by atoms with van der Waals surface area (Å²) in [5.74, 6) is -3.78. The fourth-order valence-electron chi connectivity index (χ4n) is 1.28. The minimum atomic E-state index is -1.03. The van der Waals surface area contributed by atoms with E-state index in [1.165, 1.54) is 6.07 Å². The predicted octanol–water partition coefficient (Wildman–Crippen LogP) is 2.54. The van der Waals surface area contributed by atoms with E-state index in [1.54, 1.807) is 6.92 Å². The van der Waals surface area contributed by atoms with Gasteiger partial charge in [0.1, 0.15) is 0 Å². The highest BCUT2D eigenvalue weighted by molar-refractivity contribution is 5.75. The van der Waals surface area contributed by atoms with E-state index >= 15 is 0 Å². The molecular formula is C10H10F2O2. The van der Waals surface area contributed by atoms with E-state index in [4.69, 9.17) is 5.11 Å². The summed E-state index contributed by atoms with van der Waals surface area (Å²) in [6.45, 7) is 1.68. The average molecular weight is 200 g/mol. The minimum absolute atomic E-state index is 0.291. The van der Waals surface area contributed by atoms with Gasteiger partial charge in [-0.15, -0.1) is 0 Å². The number of benzene rings is 1. The predicted molar refractivity (Wildman–Crippen MR) is 47.0 cm³/mol. The van der Waals surface area contributed by atoms with Crippen molar-refractivity contribution in [1.82, 2.24) is 0 Å². The van der Waals surface area contributed by atoms with Gasteiger partial charge in [-0.25, -0.2) is 8.78 Å². The molecule has 0 amide bonds. The lowest BCUT2D eigenvalue weighted by Gasteiger charge is -2.09. The monoisotopic (exact) mass is 200 g/mol. The molecule has 1 N–H and O–H groups in total. The molecule has 0 spiro atoms. The standard InChI is InChI=1S/C10H10F2O2/c1-2-7(10(13)14)6-3-4-8(11)9(12)5-6/h3-5,7H,2H2,1H3,(H,13,14). The van der Waals surface area contributed by atoms with Gasteiger partial charge in [-0.3, -0.25) is 4.79 Å². The van der Waals surface area contributed by atoms with E-state index in [9.17, 15) is 13.6 Å². The average Bonchev–Trinajstić information content (AvgIpc) is 2.11. The van der Waals surface area contributed by atoms with Crippen molar-refractivity contribution in [2.24, 2.45) is 0 Å². The third kappa shape index (κ3) is 2.07. The van der Waals surface area contributed by atoms with E-state index in [0.717, 1.165) is 12.1 Å². The highest BCUT2D eigenvalue weighted by Gasteiger charge is 2.18. The Kier molecular flexibility index (Phi) is 3.17. The molecule has 0 saturated carbocycles. The van der Waals surface area contributed by atoms with Crippen LogP contribution in [0.1, 0.15) is 24.8 Å². The molecule has 14 heavy (non-hydrogen) atoms. The molecule has 4 heteroatoms. The minimum Gasteiger partial charge on any atom is -0.481 e. The SMILES string of the molecule is CCC(C(=O)O)c1ccc(F)c(F)c1. The summed E-state index contributed by atoms with van der Waals surface area (Å²) in [7, 11) is 0. The smallest absolute Gasteiger partial charge is 0.310 e. The van der Waals surface area contributed by atoms with Crippen LogP contribution in [0.25, 0.3) is 0 Å². The molecule has 0 bridgehead atoms. The Labute approximate surface area is 80.2 Å². The summed E-state index contributed by atoms with van der Waals surface area (Å²) in [6, 6.07) is 3.16. The second kappa shape index (κ2) is 4.17. The number of aliphatic carboxylic acids is 1. The molecule has 2 nitrogen and oxygen atoms in total. The fourth-order valence-corrected chi connectivity index (χ4v) is 1.28. The Bertz CT molecular complexity index is 350. The van der Waals surface area contributed by atoms with Crippen molar-refractivity contribution < 1.29 is 18.7 Å². The molecule has 1 rings (SSSR count). The van der Waals surface area contributed by atoms with Gasteiger partial charge in [-0.2, -0.15) is 0 Å². The van der Waals surface area contributed by atoms with Gasteiger partial charge in [-0.1, -0.05) is 13.0 Å². The first-order valence-electron chi connectivity index (χ1n) is 4.24. The summed E-state index contributed by atoms with van der Waals surface area (Å²) in [4.78, 5) is 10.7. The number of hydrogen-bond acceptors (Lipinski definition) is 1. The molecule has 76 valence electrons. The molecule has 1 aromatic rings. The maximum Gasteiger partial charge on any atom is 0.310 e. The van der Waals surface area contributed by atoms with Gasteiger partial charge in [0.05, 0.1) is 5.92 Å². The Morgan fingerprint density at radius 2 is 2.07 bits per heavy atom. The van der Waals surface area contributed by atoms with Crippen molar-refractivity contribution in [2.45, 2.75) is 19.3 Å². The maximum atomic E-state index is 12.8. The summed E-state index contributed by atoms with van der Waals surface area (Å²) in [5.41, 5.74) is 0.291. The summed E-state index contributed by atoms with van der Waals surface area (Å²) in [6.07, 6.45) is 0.348. The molecule has 0 radical (unpaired) electrons. The number of carbonyl (C=O) groups is 1. The first kappa shape index (κ1) is 10.6. The molecule has 0 aliphatic heterocycles. The molecule has 1 aromatic carbocycles. The second-order valence-corrected chi connectivity index (χ2v) is 2.97. The summed E-state index contributed by atoms with van der Waals surface area (Å²) >= 11 is 0. The zero-order valence-corrected chi connectivity index (χ0v) is 7.63.